The van der Waals surface area contributed by atoms with Gasteiger partial charge in [0.15, 0.2) is 0 Å². The number of nitrogens with zero attached hydrogens (tertiary/aromatic N) is 5. The van der Waals surface area contributed by atoms with E-state index in [-0.39, 0.29) is 23.0 Å². The molecule has 0 radical (unpaired) electrons. The molecule has 1 aliphatic rings. The number of nitrogens with one attached hydrogen (secondary N) is 1. The van der Waals surface area contributed by atoms with Crippen LogP contribution in [0.2, 0.25) is 0 Å². The Morgan fingerprint density at radius 2 is 1.68 bits per heavy atom. The molecule has 210 valence electrons. The van der Waals surface area contributed by atoms with Crippen molar-refractivity contribution in [3.05, 3.63) is 71.9 Å². The first kappa shape index (κ1) is 27.8. The first-order chi connectivity index (χ1) is 19.0. The maximum Gasteiger partial charge on any atom is 0.433 e. The van der Waals surface area contributed by atoms with Gasteiger partial charge in [-0.15, -0.1) is 0 Å². The van der Waals surface area contributed by atoms with E-state index in [0.29, 0.717) is 29.0 Å². The topological polar surface area (TPSA) is 66.8 Å². The minimum atomic E-state index is -4.60. The normalized spacial score (nSPS) is 15.8. The first-order valence-electron chi connectivity index (χ1n) is 12.9. The summed E-state index contributed by atoms with van der Waals surface area (Å²) in [4.78, 5) is 19.3. The van der Waals surface area contributed by atoms with Gasteiger partial charge in [0.05, 0.1) is 34.7 Å². The molecule has 5 rings (SSSR count). The minimum Gasteiger partial charge on any atom is -0.338 e. The molecule has 0 spiro atoms. The molecule has 0 bridgehead atoms. The van der Waals surface area contributed by atoms with E-state index in [9.17, 15) is 26.3 Å². The van der Waals surface area contributed by atoms with Crippen LogP contribution >= 0.6 is 0 Å². The van der Waals surface area contributed by atoms with E-state index in [2.05, 4.69) is 20.2 Å². The molecule has 1 N–H and O–H groups in total. The number of pyridine rings is 2. The van der Waals surface area contributed by atoms with Crippen LogP contribution in [-0.2, 0) is 12.4 Å². The van der Waals surface area contributed by atoms with Crippen LogP contribution in [0.5, 0.6) is 0 Å². The summed E-state index contributed by atoms with van der Waals surface area (Å²) in [5.74, 6) is 0.800. The molecule has 1 fully saturated rings. The molecule has 4 aromatic rings. The number of likely N-dealkylation sites (tertiary alicyclic amines) is 1. The third-order valence-corrected chi connectivity index (χ3v) is 6.93. The molecule has 1 aromatic carbocycles. The van der Waals surface area contributed by atoms with Crippen LogP contribution < -0.4 is 5.32 Å². The summed E-state index contributed by atoms with van der Waals surface area (Å²) in [5, 5.41) is 3.54. The Bertz CT molecular complexity index is 1480. The SMILES string of the molecule is CCC(c1nc(Nc2ccc(C(F)(F)F)nc2)c2ccc(-c3ncccc3C(F)(F)F)cc2n1)N1CCCCC1. The van der Waals surface area contributed by atoms with Crippen molar-refractivity contribution in [2.45, 2.75) is 51.0 Å². The maximum atomic E-state index is 13.7. The zero-order valence-electron chi connectivity index (χ0n) is 21.5. The largest absolute Gasteiger partial charge is 0.433 e. The maximum absolute atomic E-state index is 13.7. The highest BCUT2D eigenvalue weighted by Gasteiger charge is 2.35. The zero-order valence-corrected chi connectivity index (χ0v) is 21.5. The lowest BCUT2D eigenvalue weighted by Crippen LogP contribution is -2.34. The smallest absolute Gasteiger partial charge is 0.338 e. The number of halogens is 6. The van der Waals surface area contributed by atoms with E-state index >= 15 is 0 Å². The van der Waals surface area contributed by atoms with Crippen molar-refractivity contribution in [2.75, 3.05) is 18.4 Å². The first-order valence-corrected chi connectivity index (χ1v) is 12.9. The number of aromatic nitrogens is 4. The molecular weight excluding hydrogens is 534 g/mol. The fraction of sp³-hybridized carbons (Fsp3) is 0.357. The second-order valence-electron chi connectivity index (χ2n) is 9.64. The van der Waals surface area contributed by atoms with E-state index in [1.165, 1.54) is 30.5 Å². The van der Waals surface area contributed by atoms with Crippen LogP contribution in [0.1, 0.15) is 55.7 Å². The lowest BCUT2D eigenvalue weighted by Gasteiger charge is -2.33. The third-order valence-electron chi connectivity index (χ3n) is 6.93. The van der Waals surface area contributed by atoms with Gasteiger partial charge in [-0.1, -0.05) is 19.4 Å². The Balaban J connectivity index is 1.62. The van der Waals surface area contributed by atoms with Crippen LogP contribution in [0.4, 0.5) is 37.8 Å². The molecule has 0 saturated carbocycles. The van der Waals surface area contributed by atoms with E-state index in [1.54, 1.807) is 6.07 Å². The highest BCUT2D eigenvalue weighted by molar-refractivity contribution is 5.93. The number of hydrogen-bond donors (Lipinski definition) is 1. The summed E-state index contributed by atoms with van der Waals surface area (Å²) in [6.07, 6.45) is -2.90. The van der Waals surface area contributed by atoms with Gasteiger partial charge in [-0.25, -0.2) is 15.0 Å². The minimum absolute atomic E-state index is 0.139. The molecular formula is C28H26F6N6. The average Bonchev–Trinajstić information content (AvgIpc) is 2.93. The number of benzene rings is 1. The van der Waals surface area contributed by atoms with Crippen molar-refractivity contribution < 1.29 is 26.3 Å². The Kier molecular flexibility index (Phi) is 7.63. The van der Waals surface area contributed by atoms with Crippen molar-refractivity contribution in [3.8, 4) is 11.3 Å². The van der Waals surface area contributed by atoms with Gasteiger partial charge in [0.1, 0.15) is 17.3 Å². The number of piperidine rings is 1. The van der Waals surface area contributed by atoms with Gasteiger partial charge in [-0.2, -0.15) is 26.3 Å². The Labute approximate surface area is 226 Å². The number of alkyl halides is 6. The van der Waals surface area contributed by atoms with E-state index in [0.717, 1.165) is 50.7 Å². The molecule has 12 heteroatoms. The summed E-state index contributed by atoms with van der Waals surface area (Å²) in [6.45, 7) is 3.75. The van der Waals surface area contributed by atoms with E-state index in [1.807, 2.05) is 6.92 Å². The van der Waals surface area contributed by atoms with Crippen LogP contribution in [0.3, 0.4) is 0 Å². The fourth-order valence-corrected chi connectivity index (χ4v) is 5.01. The number of hydrogen-bond acceptors (Lipinski definition) is 6. The molecule has 6 nitrogen and oxygen atoms in total. The van der Waals surface area contributed by atoms with Gasteiger partial charge in [-0.05, 0) is 68.8 Å². The van der Waals surface area contributed by atoms with E-state index in [4.69, 9.17) is 9.97 Å². The highest BCUT2D eigenvalue weighted by atomic mass is 19.4. The van der Waals surface area contributed by atoms with Gasteiger partial charge in [0, 0.05) is 17.1 Å². The van der Waals surface area contributed by atoms with Gasteiger partial charge in [0.25, 0.3) is 0 Å². The van der Waals surface area contributed by atoms with Crippen molar-refractivity contribution in [3.63, 3.8) is 0 Å². The second-order valence-corrected chi connectivity index (χ2v) is 9.64. The predicted octanol–water partition coefficient (Wildman–Crippen LogP) is 7.81. The van der Waals surface area contributed by atoms with Crippen LogP contribution in [0, 0.1) is 0 Å². The molecule has 0 amide bonds. The monoisotopic (exact) mass is 560 g/mol. The molecule has 40 heavy (non-hydrogen) atoms. The Hall–Kier alpha value is -3.80. The van der Waals surface area contributed by atoms with Crippen LogP contribution in [0.15, 0.2) is 54.9 Å². The average molecular weight is 561 g/mol. The fourth-order valence-electron chi connectivity index (χ4n) is 5.01. The zero-order chi connectivity index (χ0) is 28.5. The molecule has 4 heterocycles. The molecule has 3 aromatic heterocycles. The van der Waals surface area contributed by atoms with Gasteiger partial charge >= 0.3 is 12.4 Å². The highest BCUT2D eigenvalue weighted by Crippen LogP contribution is 2.38. The van der Waals surface area contributed by atoms with Crippen molar-refractivity contribution in [2.24, 2.45) is 0 Å². The van der Waals surface area contributed by atoms with E-state index < -0.39 is 23.6 Å². The summed E-state index contributed by atoms with van der Waals surface area (Å²) in [6, 6.07) is 8.82. The van der Waals surface area contributed by atoms with Crippen molar-refractivity contribution in [1.29, 1.82) is 0 Å². The van der Waals surface area contributed by atoms with Crippen LogP contribution in [-0.4, -0.2) is 37.9 Å². The summed E-state index contributed by atoms with van der Waals surface area (Å²) in [7, 11) is 0. The Morgan fingerprint density at radius 3 is 2.33 bits per heavy atom. The second kappa shape index (κ2) is 11.0. The quantitative estimate of drug-likeness (QED) is 0.243. The summed E-state index contributed by atoms with van der Waals surface area (Å²) >= 11 is 0. The molecule has 1 unspecified atom stereocenters. The number of fused-ring (bicyclic) bond motifs is 1. The Morgan fingerprint density at radius 1 is 0.900 bits per heavy atom. The summed E-state index contributed by atoms with van der Waals surface area (Å²) < 4.78 is 80.2. The third kappa shape index (κ3) is 5.86. The van der Waals surface area contributed by atoms with Crippen LogP contribution in [0.25, 0.3) is 22.2 Å². The predicted molar refractivity (Wildman–Crippen MR) is 139 cm³/mol. The van der Waals surface area contributed by atoms with Crippen molar-refractivity contribution >= 4 is 22.4 Å². The van der Waals surface area contributed by atoms with Gasteiger partial charge in [-0.3, -0.25) is 9.88 Å². The van der Waals surface area contributed by atoms with Crippen molar-refractivity contribution in [1.82, 2.24) is 24.8 Å². The number of rotatable bonds is 6. The van der Waals surface area contributed by atoms with Gasteiger partial charge < -0.3 is 5.32 Å². The van der Waals surface area contributed by atoms with Gasteiger partial charge in [0.2, 0.25) is 0 Å². The molecule has 1 saturated heterocycles. The molecule has 0 aliphatic carbocycles. The standard InChI is InChI=1S/C28H26F6N6/c1-2-22(40-13-4-3-5-14-40)26-38-21-15-17(24-20(27(29,30)31)7-6-12-35-24)8-10-19(21)25(39-26)37-18-9-11-23(36-16-18)28(32,33)34/h6-12,15-16,22H,2-5,13-14H2,1H3,(H,37,38,39). The lowest BCUT2D eigenvalue weighted by molar-refractivity contribution is -0.141. The molecule has 1 aliphatic heterocycles. The number of anilines is 2. The molecule has 1 atom stereocenters. The lowest BCUT2D eigenvalue weighted by atomic mass is 10.0. The summed E-state index contributed by atoms with van der Waals surface area (Å²) in [5.41, 5.74) is -1.21.